The van der Waals surface area contributed by atoms with E-state index in [9.17, 15) is 4.79 Å². The molecule has 0 aliphatic rings. The average Bonchev–Trinajstić information content (AvgIpc) is 2.32. The Labute approximate surface area is 115 Å². The van der Waals surface area contributed by atoms with Crippen LogP contribution in [0.4, 0.5) is 0 Å². The zero-order valence-electron chi connectivity index (χ0n) is 10.5. The second kappa shape index (κ2) is 7.38. The first kappa shape index (κ1) is 15.0. The largest absolute Gasteiger partial charge is 0.481 e. The van der Waals surface area contributed by atoms with E-state index in [1.807, 2.05) is 19.1 Å². The van der Waals surface area contributed by atoms with Gasteiger partial charge < -0.3 is 15.2 Å². The molecule has 0 aliphatic carbocycles. The molecule has 0 spiro atoms. The first-order valence-electron chi connectivity index (χ1n) is 5.86. The van der Waals surface area contributed by atoms with Crippen molar-refractivity contribution in [1.29, 1.82) is 0 Å². The molecule has 0 aromatic heterocycles. The lowest BCUT2D eigenvalue weighted by atomic mass is 10.2. The van der Waals surface area contributed by atoms with Crippen LogP contribution in [0, 0.1) is 0 Å². The van der Waals surface area contributed by atoms with E-state index in [1.165, 1.54) is 0 Å². The summed E-state index contributed by atoms with van der Waals surface area (Å²) < 4.78 is 6.48. The summed E-state index contributed by atoms with van der Waals surface area (Å²) in [5.74, 6) is 0.467. The lowest BCUT2D eigenvalue weighted by Gasteiger charge is -2.18. The Hall–Kier alpha value is -1.07. The standard InChI is InChI=1S/C13H18BrNO3/c1-9(7-8-16)15-13(17)10(2)18-12-5-3-11(14)4-6-12/h3-6,9-10,16H,7-8H2,1-2H3,(H,15,17). The molecule has 0 saturated carbocycles. The maximum atomic E-state index is 11.8. The molecule has 1 aromatic rings. The van der Waals surface area contributed by atoms with Crippen molar-refractivity contribution in [2.24, 2.45) is 0 Å². The number of carbonyl (C=O) groups excluding carboxylic acids is 1. The molecule has 4 nitrogen and oxygen atoms in total. The number of aliphatic hydroxyl groups is 1. The summed E-state index contributed by atoms with van der Waals surface area (Å²) in [5.41, 5.74) is 0. The van der Waals surface area contributed by atoms with Crippen LogP contribution in [-0.4, -0.2) is 29.8 Å². The number of rotatable bonds is 6. The molecule has 0 aliphatic heterocycles. The van der Waals surface area contributed by atoms with Crippen molar-refractivity contribution >= 4 is 21.8 Å². The number of hydrogen-bond donors (Lipinski definition) is 2. The summed E-state index contributed by atoms with van der Waals surface area (Å²) in [6.07, 6.45) is -0.0242. The van der Waals surface area contributed by atoms with E-state index in [4.69, 9.17) is 9.84 Å². The second-order valence-electron chi connectivity index (χ2n) is 4.14. The molecule has 100 valence electrons. The first-order chi connectivity index (χ1) is 8.52. The van der Waals surface area contributed by atoms with Crippen LogP contribution in [0.15, 0.2) is 28.7 Å². The van der Waals surface area contributed by atoms with E-state index in [0.29, 0.717) is 12.2 Å². The van der Waals surface area contributed by atoms with Gasteiger partial charge in [-0.1, -0.05) is 15.9 Å². The van der Waals surface area contributed by atoms with Gasteiger partial charge in [0.2, 0.25) is 0 Å². The number of carbonyl (C=O) groups is 1. The minimum atomic E-state index is -0.563. The monoisotopic (exact) mass is 315 g/mol. The molecule has 0 bridgehead atoms. The number of benzene rings is 1. The molecule has 1 rings (SSSR count). The third-order valence-corrected chi connectivity index (χ3v) is 2.98. The predicted octanol–water partition coefficient (Wildman–Crippen LogP) is 2.10. The van der Waals surface area contributed by atoms with Crippen LogP contribution >= 0.6 is 15.9 Å². The quantitative estimate of drug-likeness (QED) is 0.845. The zero-order chi connectivity index (χ0) is 13.5. The van der Waals surface area contributed by atoms with Gasteiger partial charge in [-0.05, 0) is 44.5 Å². The van der Waals surface area contributed by atoms with E-state index in [0.717, 1.165) is 4.47 Å². The molecular formula is C13H18BrNO3. The van der Waals surface area contributed by atoms with Crippen LogP contribution in [0.2, 0.25) is 0 Å². The number of halogens is 1. The van der Waals surface area contributed by atoms with Crippen molar-refractivity contribution in [3.63, 3.8) is 0 Å². The summed E-state index contributed by atoms with van der Waals surface area (Å²) in [4.78, 5) is 11.8. The summed E-state index contributed by atoms with van der Waals surface area (Å²) in [7, 11) is 0. The van der Waals surface area contributed by atoms with Crippen molar-refractivity contribution in [3.8, 4) is 5.75 Å². The molecule has 1 amide bonds. The summed E-state index contributed by atoms with van der Waals surface area (Å²) in [5, 5.41) is 11.5. The third kappa shape index (κ3) is 5.06. The highest BCUT2D eigenvalue weighted by Crippen LogP contribution is 2.17. The lowest BCUT2D eigenvalue weighted by Crippen LogP contribution is -2.41. The zero-order valence-corrected chi connectivity index (χ0v) is 12.1. The normalized spacial score (nSPS) is 13.8. The Bertz CT molecular complexity index is 380. The van der Waals surface area contributed by atoms with Crippen LogP contribution in [-0.2, 0) is 4.79 Å². The van der Waals surface area contributed by atoms with E-state index >= 15 is 0 Å². The summed E-state index contributed by atoms with van der Waals surface area (Å²) in [6, 6.07) is 7.25. The van der Waals surface area contributed by atoms with Crippen LogP contribution in [0.3, 0.4) is 0 Å². The highest BCUT2D eigenvalue weighted by Gasteiger charge is 2.16. The van der Waals surface area contributed by atoms with Gasteiger partial charge in [0.05, 0.1) is 0 Å². The maximum absolute atomic E-state index is 11.8. The van der Waals surface area contributed by atoms with E-state index in [1.54, 1.807) is 19.1 Å². The highest BCUT2D eigenvalue weighted by atomic mass is 79.9. The number of hydrogen-bond acceptors (Lipinski definition) is 3. The van der Waals surface area contributed by atoms with Gasteiger partial charge in [-0.2, -0.15) is 0 Å². The molecule has 5 heteroatoms. The Morgan fingerprint density at radius 3 is 2.56 bits per heavy atom. The van der Waals surface area contributed by atoms with Gasteiger partial charge in [0, 0.05) is 17.1 Å². The molecule has 18 heavy (non-hydrogen) atoms. The summed E-state index contributed by atoms with van der Waals surface area (Å²) >= 11 is 3.33. The van der Waals surface area contributed by atoms with Gasteiger partial charge in [-0.15, -0.1) is 0 Å². The smallest absolute Gasteiger partial charge is 0.260 e. The molecular weight excluding hydrogens is 298 g/mol. The van der Waals surface area contributed by atoms with Gasteiger partial charge in [0.25, 0.3) is 5.91 Å². The molecule has 2 atom stereocenters. The van der Waals surface area contributed by atoms with Crippen LogP contribution in [0.25, 0.3) is 0 Å². The SMILES string of the molecule is CC(CCO)NC(=O)C(C)Oc1ccc(Br)cc1. The Morgan fingerprint density at radius 1 is 1.39 bits per heavy atom. The van der Waals surface area contributed by atoms with Crippen LogP contribution < -0.4 is 10.1 Å². The molecule has 0 heterocycles. The third-order valence-electron chi connectivity index (χ3n) is 2.45. The van der Waals surface area contributed by atoms with E-state index in [2.05, 4.69) is 21.2 Å². The maximum Gasteiger partial charge on any atom is 0.260 e. The Morgan fingerprint density at radius 2 is 2.00 bits per heavy atom. The molecule has 0 radical (unpaired) electrons. The van der Waals surface area contributed by atoms with Crippen molar-refractivity contribution in [1.82, 2.24) is 5.32 Å². The van der Waals surface area contributed by atoms with E-state index < -0.39 is 6.10 Å². The Kier molecular flexibility index (Phi) is 6.15. The fourth-order valence-corrected chi connectivity index (χ4v) is 1.66. The minimum absolute atomic E-state index is 0.0570. The topological polar surface area (TPSA) is 58.6 Å². The molecule has 2 unspecified atom stereocenters. The van der Waals surface area contributed by atoms with Gasteiger partial charge in [-0.25, -0.2) is 0 Å². The fraction of sp³-hybridized carbons (Fsp3) is 0.462. The van der Waals surface area contributed by atoms with Gasteiger partial charge in [0.15, 0.2) is 6.10 Å². The van der Waals surface area contributed by atoms with Crippen LogP contribution in [0.1, 0.15) is 20.3 Å². The molecule has 2 N–H and O–H groups in total. The lowest BCUT2D eigenvalue weighted by molar-refractivity contribution is -0.127. The van der Waals surface area contributed by atoms with Crippen molar-refractivity contribution in [2.75, 3.05) is 6.61 Å². The van der Waals surface area contributed by atoms with E-state index in [-0.39, 0.29) is 18.6 Å². The Balaban J connectivity index is 2.46. The number of nitrogens with one attached hydrogen (secondary N) is 1. The number of aliphatic hydroxyl groups excluding tert-OH is 1. The van der Waals surface area contributed by atoms with Crippen LogP contribution in [0.5, 0.6) is 5.75 Å². The molecule has 1 aromatic carbocycles. The molecule has 0 fully saturated rings. The number of amides is 1. The second-order valence-corrected chi connectivity index (χ2v) is 5.05. The molecule has 0 saturated heterocycles. The van der Waals surface area contributed by atoms with Crippen molar-refractivity contribution < 1.29 is 14.6 Å². The first-order valence-corrected chi connectivity index (χ1v) is 6.65. The predicted molar refractivity (Wildman–Crippen MR) is 73.5 cm³/mol. The summed E-state index contributed by atoms with van der Waals surface area (Å²) in [6.45, 7) is 3.60. The van der Waals surface area contributed by atoms with Gasteiger partial charge in [0.1, 0.15) is 5.75 Å². The van der Waals surface area contributed by atoms with Gasteiger partial charge >= 0.3 is 0 Å². The van der Waals surface area contributed by atoms with Gasteiger partial charge in [-0.3, -0.25) is 4.79 Å². The highest BCUT2D eigenvalue weighted by molar-refractivity contribution is 9.10. The minimum Gasteiger partial charge on any atom is -0.481 e. The van der Waals surface area contributed by atoms with Crippen molar-refractivity contribution in [3.05, 3.63) is 28.7 Å². The van der Waals surface area contributed by atoms with Crippen molar-refractivity contribution in [2.45, 2.75) is 32.4 Å². The number of ether oxygens (including phenoxy) is 1. The average molecular weight is 316 g/mol. The fourth-order valence-electron chi connectivity index (χ4n) is 1.40.